The van der Waals surface area contributed by atoms with E-state index in [1.807, 2.05) is 29.8 Å². The lowest BCUT2D eigenvalue weighted by Crippen LogP contribution is -2.35. The van der Waals surface area contributed by atoms with E-state index >= 15 is 0 Å². The van der Waals surface area contributed by atoms with E-state index in [4.69, 9.17) is 11.2 Å². The first-order valence-corrected chi connectivity index (χ1v) is 9.58. The van der Waals surface area contributed by atoms with Gasteiger partial charge in [-0.2, -0.15) is 0 Å². The van der Waals surface area contributed by atoms with Gasteiger partial charge in [0.1, 0.15) is 10.8 Å². The standard InChI is InChI=1S/C18H15N3O2S2/c1-3-12-8-13-9-14(4-5-15(13)20-10-12)23-18(24-2)17(22)21-11-16-19-6-7-25-16/h1,4-10,18H,11H2,2H3,(H,21,22). The molecule has 7 heteroatoms. The molecule has 1 amide bonds. The quantitative estimate of drug-likeness (QED) is 0.534. The predicted molar refractivity (Wildman–Crippen MR) is 102 cm³/mol. The second-order valence-corrected chi connectivity index (χ2v) is 6.93. The van der Waals surface area contributed by atoms with Gasteiger partial charge < -0.3 is 10.1 Å². The maximum absolute atomic E-state index is 12.3. The van der Waals surface area contributed by atoms with E-state index in [0.717, 1.165) is 15.9 Å². The molecule has 0 fully saturated rings. The second-order valence-electron chi connectivity index (χ2n) is 5.05. The van der Waals surface area contributed by atoms with Crippen molar-refractivity contribution in [3.05, 3.63) is 52.6 Å². The molecule has 0 radical (unpaired) electrons. The monoisotopic (exact) mass is 369 g/mol. The molecule has 5 nitrogen and oxygen atoms in total. The van der Waals surface area contributed by atoms with Crippen molar-refractivity contribution in [3.8, 4) is 18.1 Å². The van der Waals surface area contributed by atoms with Gasteiger partial charge in [-0.3, -0.25) is 9.78 Å². The van der Waals surface area contributed by atoms with E-state index < -0.39 is 5.44 Å². The minimum absolute atomic E-state index is 0.196. The van der Waals surface area contributed by atoms with Crippen LogP contribution in [0.3, 0.4) is 0 Å². The highest BCUT2D eigenvalue weighted by Gasteiger charge is 2.19. The highest BCUT2D eigenvalue weighted by molar-refractivity contribution is 7.99. The number of hydrogen-bond acceptors (Lipinski definition) is 6. The number of nitrogens with one attached hydrogen (secondary N) is 1. The van der Waals surface area contributed by atoms with Gasteiger partial charge in [0.2, 0.25) is 5.44 Å². The zero-order valence-corrected chi connectivity index (χ0v) is 15.1. The Morgan fingerprint density at radius 3 is 3.04 bits per heavy atom. The van der Waals surface area contributed by atoms with Crippen molar-refractivity contribution in [2.75, 3.05) is 6.26 Å². The molecule has 1 N–H and O–H groups in total. The van der Waals surface area contributed by atoms with Crippen LogP contribution in [0.4, 0.5) is 0 Å². The summed E-state index contributed by atoms with van der Waals surface area (Å²) in [7, 11) is 0. The zero-order valence-electron chi connectivity index (χ0n) is 13.4. The fraction of sp³-hybridized carbons (Fsp3) is 0.167. The Hall–Kier alpha value is -2.56. The van der Waals surface area contributed by atoms with Gasteiger partial charge in [0.15, 0.2) is 0 Å². The summed E-state index contributed by atoms with van der Waals surface area (Å²) in [4.78, 5) is 20.8. The molecule has 2 heterocycles. The van der Waals surface area contributed by atoms with Crippen LogP contribution in [0.25, 0.3) is 10.9 Å². The fourth-order valence-corrected chi connectivity index (χ4v) is 3.24. The average Bonchev–Trinajstić information content (AvgIpc) is 3.17. The third-order valence-electron chi connectivity index (χ3n) is 3.39. The van der Waals surface area contributed by atoms with E-state index in [2.05, 4.69) is 21.2 Å². The molecule has 0 bridgehead atoms. The van der Waals surface area contributed by atoms with Crippen LogP contribution in [-0.2, 0) is 11.3 Å². The first kappa shape index (κ1) is 17.3. The lowest BCUT2D eigenvalue weighted by Gasteiger charge is -2.16. The Kier molecular flexibility index (Phi) is 5.53. The first-order chi connectivity index (χ1) is 12.2. The van der Waals surface area contributed by atoms with Gasteiger partial charge in [-0.15, -0.1) is 29.5 Å². The van der Waals surface area contributed by atoms with Crippen LogP contribution in [0.2, 0.25) is 0 Å². The topological polar surface area (TPSA) is 64.1 Å². The number of carbonyl (C=O) groups excluding carboxylic acids is 1. The minimum Gasteiger partial charge on any atom is -0.470 e. The molecule has 0 aliphatic carbocycles. The SMILES string of the molecule is C#Cc1cnc2ccc(OC(SC)C(=O)NCc3nccs3)cc2c1. The minimum atomic E-state index is -0.652. The summed E-state index contributed by atoms with van der Waals surface area (Å²) in [6.07, 6.45) is 10.6. The molecule has 3 rings (SSSR count). The number of hydrogen-bond donors (Lipinski definition) is 1. The van der Waals surface area contributed by atoms with Crippen molar-refractivity contribution in [1.29, 1.82) is 0 Å². The zero-order chi connectivity index (χ0) is 17.6. The Balaban J connectivity index is 1.71. The number of nitrogens with zero attached hydrogens (tertiary/aromatic N) is 2. The van der Waals surface area contributed by atoms with E-state index in [0.29, 0.717) is 17.9 Å². The molecular formula is C18H15N3O2S2. The van der Waals surface area contributed by atoms with E-state index in [1.165, 1.54) is 23.1 Å². The van der Waals surface area contributed by atoms with Crippen molar-refractivity contribution >= 4 is 39.9 Å². The Morgan fingerprint density at radius 1 is 1.44 bits per heavy atom. The van der Waals surface area contributed by atoms with Crippen LogP contribution >= 0.6 is 23.1 Å². The summed E-state index contributed by atoms with van der Waals surface area (Å²) in [5.74, 6) is 2.96. The normalized spacial score (nSPS) is 11.7. The molecular weight excluding hydrogens is 354 g/mol. The summed E-state index contributed by atoms with van der Waals surface area (Å²) in [5, 5.41) is 6.43. The molecule has 0 aliphatic rings. The lowest BCUT2D eigenvalue weighted by atomic mass is 10.1. The fourth-order valence-electron chi connectivity index (χ4n) is 2.18. The van der Waals surface area contributed by atoms with Crippen LogP contribution in [0.1, 0.15) is 10.6 Å². The number of rotatable bonds is 6. The van der Waals surface area contributed by atoms with Crippen LogP contribution < -0.4 is 10.1 Å². The number of carbonyl (C=O) groups is 1. The summed E-state index contributed by atoms with van der Waals surface area (Å²) in [5.41, 5.74) is 0.869. The second kappa shape index (κ2) is 8.01. The molecule has 126 valence electrons. The molecule has 1 aromatic carbocycles. The summed E-state index contributed by atoms with van der Waals surface area (Å²) < 4.78 is 5.83. The van der Waals surface area contributed by atoms with Crippen molar-refractivity contribution in [2.45, 2.75) is 12.0 Å². The molecule has 1 unspecified atom stereocenters. The number of benzene rings is 1. The predicted octanol–water partition coefficient (Wildman–Crippen LogP) is 3.06. The van der Waals surface area contributed by atoms with E-state index in [1.54, 1.807) is 18.5 Å². The highest BCUT2D eigenvalue weighted by Crippen LogP contribution is 2.23. The average molecular weight is 369 g/mol. The number of pyridine rings is 1. The number of amides is 1. The van der Waals surface area contributed by atoms with Gasteiger partial charge >= 0.3 is 0 Å². The lowest BCUT2D eigenvalue weighted by molar-refractivity contribution is -0.124. The third kappa shape index (κ3) is 4.29. The van der Waals surface area contributed by atoms with Gasteiger partial charge in [-0.1, -0.05) is 5.92 Å². The summed E-state index contributed by atoms with van der Waals surface area (Å²) >= 11 is 2.82. The van der Waals surface area contributed by atoms with Gasteiger partial charge in [0.05, 0.1) is 12.1 Å². The van der Waals surface area contributed by atoms with Crippen molar-refractivity contribution < 1.29 is 9.53 Å². The molecule has 2 aromatic heterocycles. The van der Waals surface area contributed by atoms with Crippen molar-refractivity contribution in [3.63, 3.8) is 0 Å². The molecule has 0 saturated carbocycles. The Labute approximate surface area is 153 Å². The number of fused-ring (bicyclic) bond motifs is 1. The van der Waals surface area contributed by atoms with E-state index in [-0.39, 0.29) is 5.91 Å². The molecule has 25 heavy (non-hydrogen) atoms. The largest absolute Gasteiger partial charge is 0.470 e. The molecule has 0 aliphatic heterocycles. The molecule has 0 saturated heterocycles. The summed E-state index contributed by atoms with van der Waals surface area (Å²) in [6.45, 7) is 0.393. The number of thiazole rings is 1. The number of aromatic nitrogens is 2. The van der Waals surface area contributed by atoms with Crippen LogP contribution in [-0.4, -0.2) is 27.6 Å². The number of terminal acetylenes is 1. The van der Waals surface area contributed by atoms with Gasteiger partial charge in [-0.05, 0) is 30.5 Å². The number of ether oxygens (including phenoxy) is 1. The van der Waals surface area contributed by atoms with Gasteiger partial charge in [0.25, 0.3) is 5.91 Å². The Morgan fingerprint density at radius 2 is 2.32 bits per heavy atom. The van der Waals surface area contributed by atoms with Crippen LogP contribution in [0.15, 0.2) is 42.0 Å². The van der Waals surface area contributed by atoms with Crippen molar-refractivity contribution in [2.24, 2.45) is 0 Å². The maximum Gasteiger partial charge on any atom is 0.272 e. The molecule has 3 aromatic rings. The first-order valence-electron chi connectivity index (χ1n) is 7.41. The number of thioether (sulfide) groups is 1. The Bertz CT molecular complexity index is 920. The van der Waals surface area contributed by atoms with E-state index in [9.17, 15) is 4.79 Å². The summed E-state index contributed by atoms with van der Waals surface area (Å²) in [6, 6.07) is 7.34. The van der Waals surface area contributed by atoms with Crippen LogP contribution in [0, 0.1) is 12.3 Å². The molecule has 0 spiro atoms. The van der Waals surface area contributed by atoms with Crippen LogP contribution in [0.5, 0.6) is 5.75 Å². The maximum atomic E-state index is 12.3. The smallest absolute Gasteiger partial charge is 0.272 e. The van der Waals surface area contributed by atoms with Crippen molar-refractivity contribution in [1.82, 2.24) is 15.3 Å². The van der Waals surface area contributed by atoms with Gasteiger partial charge in [-0.25, -0.2) is 4.98 Å². The van der Waals surface area contributed by atoms with Gasteiger partial charge in [0, 0.05) is 28.7 Å². The molecule has 1 atom stereocenters. The highest BCUT2D eigenvalue weighted by atomic mass is 32.2. The third-order valence-corrected chi connectivity index (χ3v) is 4.91.